The molecule has 0 fully saturated rings. The van der Waals surface area contributed by atoms with E-state index in [0.29, 0.717) is 5.92 Å². The first kappa shape index (κ1) is 12.3. The summed E-state index contributed by atoms with van der Waals surface area (Å²) in [4.78, 5) is 0. The molecule has 0 radical (unpaired) electrons. The fraction of sp³-hybridized carbons (Fsp3) is 0.455. The Balaban J connectivity index is 0.00000144. The van der Waals surface area contributed by atoms with E-state index in [1.807, 2.05) is 18.2 Å². The summed E-state index contributed by atoms with van der Waals surface area (Å²) in [6.45, 7) is 4.22. The van der Waals surface area contributed by atoms with Crippen LogP contribution in [0.5, 0.6) is 5.75 Å². The summed E-state index contributed by atoms with van der Waals surface area (Å²) in [5.74, 6) is 1.19. The number of benzene rings is 1. The van der Waals surface area contributed by atoms with E-state index in [0.717, 1.165) is 16.3 Å². The molecule has 2 heteroatoms. The van der Waals surface area contributed by atoms with Crippen LogP contribution in [0.15, 0.2) is 18.2 Å². The molecule has 0 N–H and O–H groups in total. The molecule has 1 aromatic carbocycles. The number of rotatable bonds is 2. The van der Waals surface area contributed by atoms with Crippen molar-refractivity contribution >= 4 is 11.6 Å². The van der Waals surface area contributed by atoms with E-state index in [4.69, 9.17) is 16.3 Å². The normalized spacial score (nSPS) is 9.62. The van der Waals surface area contributed by atoms with E-state index in [2.05, 4.69) is 13.8 Å². The van der Waals surface area contributed by atoms with Gasteiger partial charge in [-0.3, -0.25) is 0 Å². The highest BCUT2D eigenvalue weighted by atomic mass is 35.5. The maximum atomic E-state index is 6.08. The second-order valence-corrected chi connectivity index (χ2v) is 3.40. The largest absolute Gasteiger partial charge is 0.495 e. The summed E-state index contributed by atoms with van der Waals surface area (Å²) in [5, 5.41) is 0.731. The molecular weight excluding hydrogens is 184 g/mol. The summed E-state index contributed by atoms with van der Waals surface area (Å²) in [6, 6.07) is 5.85. The molecule has 13 heavy (non-hydrogen) atoms. The number of hydrogen-bond donors (Lipinski definition) is 0. The number of hydrogen-bond acceptors (Lipinski definition) is 1. The van der Waals surface area contributed by atoms with E-state index in [1.165, 1.54) is 0 Å². The molecule has 0 amide bonds. The van der Waals surface area contributed by atoms with E-state index in [9.17, 15) is 0 Å². The lowest BCUT2D eigenvalue weighted by Crippen LogP contribution is -1.91. The van der Waals surface area contributed by atoms with Gasteiger partial charge in [0.1, 0.15) is 5.75 Å². The standard InChI is InChI=1S/C10H13ClO.CH4/c1-7(2)8-5-4-6-9(12-3)10(8)11;/h4-7H,1-3H3;1H4. The Kier molecular flexibility index (Phi) is 4.86. The van der Waals surface area contributed by atoms with Crippen LogP contribution in [0.1, 0.15) is 32.8 Å². The van der Waals surface area contributed by atoms with Crippen LogP contribution in [-0.4, -0.2) is 7.11 Å². The fourth-order valence-corrected chi connectivity index (χ4v) is 1.55. The number of halogens is 1. The first-order chi connectivity index (χ1) is 5.66. The second kappa shape index (κ2) is 5.13. The van der Waals surface area contributed by atoms with Gasteiger partial charge in [0.2, 0.25) is 0 Å². The molecular formula is C11H17ClO. The topological polar surface area (TPSA) is 9.23 Å². The van der Waals surface area contributed by atoms with Crippen molar-refractivity contribution in [2.24, 2.45) is 0 Å². The highest BCUT2D eigenvalue weighted by molar-refractivity contribution is 6.32. The predicted octanol–water partition coefficient (Wildman–Crippen LogP) is 4.11. The molecule has 0 spiro atoms. The third-order valence-corrected chi connectivity index (χ3v) is 2.24. The Hall–Kier alpha value is -0.690. The maximum Gasteiger partial charge on any atom is 0.137 e. The average molecular weight is 201 g/mol. The van der Waals surface area contributed by atoms with Gasteiger partial charge >= 0.3 is 0 Å². The third-order valence-electron chi connectivity index (χ3n) is 1.84. The average Bonchev–Trinajstić information content (AvgIpc) is 2.04. The number of methoxy groups -OCH3 is 1. The molecule has 0 saturated heterocycles. The van der Waals surface area contributed by atoms with Crippen LogP contribution < -0.4 is 4.74 Å². The Bertz CT molecular complexity index is 269. The zero-order valence-corrected chi connectivity index (χ0v) is 8.35. The van der Waals surface area contributed by atoms with Crippen LogP contribution in [0, 0.1) is 0 Å². The van der Waals surface area contributed by atoms with Gasteiger partial charge in [-0.15, -0.1) is 0 Å². The summed E-state index contributed by atoms with van der Waals surface area (Å²) in [6.07, 6.45) is 0. The van der Waals surface area contributed by atoms with Gasteiger partial charge in [-0.25, -0.2) is 0 Å². The van der Waals surface area contributed by atoms with Crippen LogP contribution in [0.4, 0.5) is 0 Å². The molecule has 0 heterocycles. The number of ether oxygens (including phenoxy) is 1. The van der Waals surface area contributed by atoms with Gasteiger partial charge in [-0.05, 0) is 17.5 Å². The molecule has 0 unspecified atom stereocenters. The summed E-state index contributed by atoms with van der Waals surface area (Å²) in [5.41, 5.74) is 1.14. The minimum atomic E-state index is 0. The lowest BCUT2D eigenvalue weighted by atomic mass is 10.0. The van der Waals surface area contributed by atoms with Crippen molar-refractivity contribution < 1.29 is 4.74 Å². The van der Waals surface area contributed by atoms with Gasteiger partial charge in [-0.1, -0.05) is 45.0 Å². The SMILES string of the molecule is C.COc1cccc(C(C)C)c1Cl. The molecule has 0 saturated carbocycles. The lowest BCUT2D eigenvalue weighted by Gasteiger charge is -2.10. The van der Waals surface area contributed by atoms with Crippen LogP contribution in [0.2, 0.25) is 5.02 Å². The smallest absolute Gasteiger partial charge is 0.137 e. The van der Waals surface area contributed by atoms with Crippen molar-refractivity contribution in [3.8, 4) is 5.75 Å². The Morgan fingerprint density at radius 2 is 1.92 bits per heavy atom. The molecule has 74 valence electrons. The molecule has 0 bridgehead atoms. The summed E-state index contributed by atoms with van der Waals surface area (Å²) >= 11 is 6.08. The van der Waals surface area contributed by atoms with Crippen molar-refractivity contribution in [1.82, 2.24) is 0 Å². The minimum absolute atomic E-state index is 0. The lowest BCUT2D eigenvalue weighted by molar-refractivity contribution is 0.414. The monoisotopic (exact) mass is 200 g/mol. The maximum absolute atomic E-state index is 6.08. The van der Waals surface area contributed by atoms with Crippen molar-refractivity contribution in [2.45, 2.75) is 27.2 Å². The van der Waals surface area contributed by atoms with Gasteiger partial charge in [0, 0.05) is 0 Å². The van der Waals surface area contributed by atoms with Crippen molar-refractivity contribution in [3.05, 3.63) is 28.8 Å². The van der Waals surface area contributed by atoms with Gasteiger partial charge in [0.05, 0.1) is 12.1 Å². The van der Waals surface area contributed by atoms with E-state index >= 15 is 0 Å². The van der Waals surface area contributed by atoms with Crippen molar-refractivity contribution in [3.63, 3.8) is 0 Å². The molecule has 1 rings (SSSR count). The first-order valence-electron chi connectivity index (χ1n) is 3.99. The highest BCUT2D eigenvalue weighted by Crippen LogP contribution is 2.31. The molecule has 0 atom stereocenters. The molecule has 0 aliphatic heterocycles. The Morgan fingerprint density at radius 1 is 1.31 bits per heavy atom. The van der Waals surface area contributed by atoms with Gasteiger partial charge in [0.25, 0.3) is 0 Å². The molecule has 0 aliphatic rings. The predicted molar refractivity (Wildman–Crippen MR) is 58.8 cm³/mol. The van der Waals surface area contributed by atoms with Crippen molar-refractivity contribution in [1.29, 1.82) is 0 Å². The highest BCUT2D eigenvalue weighted by Gasteiger charge is 2.08. The quantitative estimate of drug-likeness (QED) is 0.698. The van der Waals surface area contributed by atoms with E-state index < -0.39 is 0 Å². The van der Waals surface area contributed by atoms with E-state index in [-0.39, 0.29) is 7.43 Å². The van der Waals surface area contributed by atoms with E-state index in [1.54, 1.807) is 7.11 Å². The Labute approximate surface area is 85.7 Å². The third kappa shape index (κ3) is 2.63. The van der Waals surface area contributed by atoms with Crippen LogP contribution in [-0.2, 0) is 0 Å². The molecule has 0 aliphatic carbocycles. The molecule has 1 aromatic rings. The van der Waals surface area contributed by atoms with Crippen LogP contribution in [0.3, 0.4) is 0 Å². The first-order valence-corrected chi connectivity index (χ1v) is 4.37. The second-order valence-electron chi connectivity index (χ2n) is 3.02. The van der Waals surface area contributed by atoms with Gasteiger partial charge in [-0.2, -0.15) is 0 Å². The molecule has 1 nitrogen and oxygen atoms in total. The Morgan fingerprint density at radius 3 is 2.38 bits per heavy atom. The summed E-state index contributed by atoms with van der Waals surface area (Å²) in [7, 11) is 1.63. The zero-order valence-electron chi connectivity index (χ0n) is 7.60. The van der Waals surface area contributed by atoms with Crippen molar-refractivity contribution in [2.75, 3.05) is 7.11 Å². The summed E-state index contributed by atoms with van der Waals surface area (Å²) < 4.78 is 5.10. The van der Waals surface area contributed by atoms with Gasteiger partial charge < -0.3 is 4.74 Å². The fourth-order valence-electron chi connectivity index (χ4n) is 1.13. The van der Waals surface area contributed by atoms with Crippen LogP contribution in [0.25, 0.3) is 0 Å². The zero-order chi connectivity index (χ0) is 9.14. The van der Waals surface area contributed by atoms with Crippen LogP contribution >= 0.6 is 11.6 Å². The van der Waals surface area contributed by atoms with Gasteiger partial charge in [0.15, 0.2) is 0 Å². The molecule has 0 aromatic heterocycles. The minimum Gasteiger partial charge on any atom is -0.495 e.